The predicted molar refractivity (Wildman–Crippen MR) is 94.2 cm³/mol. The van der Waals surface area contributed by atoms with Crippen molar-refractivity contribution in [2.45, 2.75) is 25.8 Å². The van der Waals surface area contributed by atoms with Crippen molar-refractivity contribution in [3.05, 3.63) is 36.2 Å². The molecule has 122 valence electrons. The number of hydrogen-bond donors (Lipinski definition) is 1. The van der Waals surface area contributed by atoms with Gasteiger partial charge in [0.25, 0.3) is 0 Å². The van der Waals surface area contributed by atoms with Crippen molar-refractivity contribution in [3.63, 3.8) is 0 Å². The first-order valence-electron chi connectivity index (χ1n) is 8.07. The Morgan fingerprint density at radius 1 is 1.22 bits per heavy atom. The topological polar surface area (TPSA) is 57.2 Å². The Balaban J connectivity index is 1.68. The van der Waals surface area contributed by atoms with Crippen molar-refractivity contribution in [1.82, 2.24) is 15.0 Å². The van der Waals surface area contributed by atoms with E-state index in [1.54, 1.807) is 6.20 Å². The molecule has 3 rings (SSSR count). The molecule has 1 unspecified atom stereocenters. The monoisotopic (exact) mass is 312 g/mol. The van der Waals surface area contributed by atoms with Gasteiger partial charge in [0.2, 0.25) is 5.95 Å². The van der Waals surface area contributed by atoms with Crippen LogP contribution in [-0.4, -0.2) is 48.2 Å². The summed E-state index contributed by atoms with van der Waals surface area (Å²) in [6.45, 7) is 4.03. The van der Waals surface area contributed by atoms with E-state index in [9.17, 15) is 0 Å². The summed E-state index contributed by atoms with van der Waals surface area (Å²) in [5.41, 5.74) is 1.06. The van der Waals surface area contributed by atoms with Crippen LogP contribution >= 0.6 is 0 Å². The van der Waals surface area contributed by atoms with Gasteiger partial charge in [-0.3, -0.25) is 0 Å². The summed E-state index contributed by atoms with van der Waals surface area (Å²) in [7, 11) is 3.90. The Hall–Kier alpha value is -2.37. The fourth-order valence-corrected chi connectivity index (χ4v) is 2.86. The van der Waals surface area contributed by atoms with Crippen LogP contribution < -0.4 is 15.1 Å². The average molecular weight is 312 g/mol. The summed E-state index contributed by atoms with van der Waals surface area (Å²) in [5, 5.41) is 3.54. The zero-order valence-corrected chi connectivity index (χ0v) is 14.0. The van der Waals surface area contributed by atoms with E-state index >= 15 is 0 Å². The predicted octanol–water partition coefficient (Wildman–Crippen LogP) is 2.33. The summed E-state index contributed by atoms with van der Waals surface area (Å²) < 4.78 is 0. The van der Waals surface area contributed by atoms with Gasteiger partial charge in [-0.15, -0.1) is 0 Å². The van der Waals surface area contributed by atoms with Crippen LogP contribution in [0.4, 0.5) is 17.6 Å². The summed E-state index contributed by atoms with van der Waals surface area (Å²) in [5.74, 6) is 2.67. The number of nitrogens with zero attached hydrogens (tertiary/aromatic N) is 5. The number of piperidine rings is 1. The maximum absolute atomic E-state index is 4.64. The lowest BCUT2D eigenvalue weighted by atomic mass is 10.1. The van der Waals surface area contributed by atoms with Gasteiger partial charge in [-0.1, -0.05) is 6.07 Å². The number of anilines is 3. The molecule has 0 bridgehead atoms. The number of pyridine rings is 1. The van der Waals surface area contributed by atoms with Crippen LogP contribution in [0.2, 0.25) is 0 Å². The van der Waals surface area contributed by atoms with E-state index < -0.39 is 0 Å². The van der Waals surface area contributed by atoms with Crippen LogP contribution in [0.15, 0.2) is 30.5 Å². The Morgan fingerprint density at radius 2 is 2.09 bits per heavy atom. The smallest absolute Gasteiger partial charge is 0.226 e. The Labute approximate surface area is 137 Å². The third kappa shape index (κ3) is 3.88. The molecule has 0 amide bonds. The molecule has 1 atom stereocenters. The first kappa shape index (κ1) is 15.5. The van der Waals surface area contributed by atoms with Crippen LogP contribution in [0.3, 0.4) is 0 Å². The highest BCUT2D eigenvalue weighted by Crippen LogP contribution is 2.20. The SMILES string of the molecule is Cc1cccc(N2CCCC(Nc3ccnc(N(C)C)n3)C2)n1. The molecule has 0 aromatic carbocycles. The second kappa shape index (κ2) is 6.81. The molecule has 6 heteroatoms. The molecule has 1 fully saturated rings. The highest BCUT2D eigenvalue weighted by atomic mass is 15.2. The highest BCUT2D eigenvalue weighted by molar-refractivity contribution is 5.44. The van der Waals surface area contributed by atoms with E-state index in [2.05, 4.69) is 37.3 Å². The van der Waals surface area contributed by atoms with Crippen molar-refractivity contribution >= 4 is 17.6 Å². The van der Waals surface area contributed by atoms with Gasteiger partial charge in [0.05, 0.1) is 0 Å². The Morgan fingerprint density at radius 3 is 2.87 bits per heavy atom. The zero-order chi connectivity index (χ0) is 16.2. The normalized spacial score (nSPS) is 17.9. The fraction of sp³-hybridized carbons (Fsp3) is 0.471. The first-order valence-corrected chi connectivity index (χ1v) is 8.07. The lowest BCUT2D eigenvalue weighted by Gasteiger charge is -2.34. The molecular formula is C17H24N6. The third-order valence-corrected chi connectivity index (χ3v) is 4.01. The number of nitrogens with one attached hydrogen (secondary N) is 1. The van der Waals surface area contributed by atoms with E-state index in [1.807, 2.05) is 38.1 Å². The van der Waals surface area contributed by atoms with Crippen LogP contribution in [0.25, 0.3) is 0 Å². The second-order valence-electron chi connectivity index (χ2n) is 6.20. The molecule has 0 aliphatic carbocycles. The molecule has 2 aromatic rings. The van der Waals surface area contributed by atoms with Gasteiger partial charge in [-0.2, -0.15) is 4.98 Å². The van der Waals surface area contributed by atoms with Gasteiger partial charge in [0, 0.05) is 45.1 Å². The van der Waals surface area contributed by atoms with Gasteiger partial charge >= 0.3 is 0 Å². The summed E-state index contributed by atoms with van der Waals surface area (Å²) in [6, 6.07) is 8.49. The minimum Gasteiger partial charge on any atom is -0.365 e. The van der Waals surface area contributed by atoms with E-state index in [-0.39, 0.29) is 0 Å². The number of aryl methyl sites for hydroxylation is 1. The minimum atomic E-state index is 0.371. The molecule has 3 heterocycles. The largest absolute Gasteiger partial charge is 0.365 e. The molecule has 0 saturated carbocycles. The van der Waals surface area contributed by atoms with Crippen molar-refractivity contribution in [1.29, 1.82) is 0 Å². The van der Waals surface area contributed by atoms with Crippen LogP contribution in [-0.2, 0) is 0 Å². The molecule has 1 aliphatic rings. The summed E-state index contributed by atoms with van der Waals surface area (Å²) in [6.07, 6.45) is 4.09. The fourth-order valence-electron chi connectivity index (χ4n) is 2.86. The molecule has 1 N–H and O–H groups in total. The third-order valence-electron chi connectivity index (χ3n) is 4.01. The van der Waals surface area contributed by atoms with Crippen molar-refractivity contribution in [2.75, 3.05) is 42.3 Å². The molecule has 1 saturated heterocycles. The van der Waals surface area contributed by atoms with E-state index in [0.717, 1.165) is 49.2 Å². The highest BCUT2D eigenvalue weighted by Gasteiger charge is 2.21. The van der Waals surface area contributed by atoms with E-state index in [4.69, 9.17) is 0 Å². The molecule has 0 spiro atoms. The van der Waals surface area contributed by atoms with Crippen molar-refractivity contribution in [2.24, 2.45) is 0 Å². The molecule has 2 aromatic heterocycles. The number of aromatic nitrogens is 3. The Kier molecular flexibility index (Phi) is 4.60. The maximum atomic E-state index is 4.64. The van der Waals surface area contributed by atoms with Crippen LogP contribution in [0.1, 0.15) is 18.5 Å². The van der Waals surface area contributed by atoms with Gasteiger partial charge in [0.1, 0.15) is 11.6 Å². The van der Waals surface area contributed by atoms with Gasteiger partial charge in [-0.05, 0) is 38.0 Å². The molecule has 6 nitrogen and oxygen atoms in total. The van der Waals surface area contributed by atoms with Crippen molar-refractivity contribution in [3.8, 4) is 0 Å². The van der Waals surface area contributed by atoms with Gasteiger partial charge in [0.15, 0.2) is 0 Å². The molecule has 1 aliphatic heterocycles. The molecule has 0 radical (unpaired) electrons. The van der Waals surface area contributed by atoms with Crippen molar-refractivity contribution < 1.29 is 0 Å². The second-order valence-corrected chi connectivity index (χ2v) is 6.20. The maximum Gasteiger partial charge on any atom is 0.226 e. The van der Waals surface area contributed by atoms with Gasteiger partial charge in [-0.25, -0.2) is 9.97 Å². The quantitative estimate of drug-likeness (QED) is 0.935. The summed E-state index contributed by atoms with van der Waals surface area (Å²) >= 11 is 0. The first-order chi connectivity index (χ1) is 11.1. The van der Waals surface area contributed by atoms with Gasteiger partial charge < -0.3 is 15.1 Å². The summed E-state index contributed by atoms with van der Waals surface area (Å²) in [4.78, 5) is 17.7. The zero-order valence-electron chi connectivity index (χ0n) is 14.0. The standard InChI is InChI=1S/C17H24N6/c1-13-6-4-8-16(19-13)23-11-5-7-14(12-23)20-15-9-10-18-17(21-15)22(2)3/h4,6,8-10,14H,5,7,11-12H2,1-3H3,(H,18,20,21). The molecule has 23 heavy (non-hydrogen) atoms. The van der Waals surface area contributed by atoms with Crippen LogP contribution in [0.5, 0.6) is 0 Å². The average Bonchev–Trinajstić information content (AvgIpc) is 2.55. The number of rotatable bonds is 4. The minimum absolute atomic E-state index is 0.371. The Bertz CT molecular complexity index is 657. The number of hydrogen-bond acceptors (Lipinski definition) is 6. The lowest BCUT2D eigenvalue weighted by Crippen LogP contribution is -2.42. The lowest BCUT2D eigenvalue weighted by molar-refractivity contribution is 0.525. The van der Waals surface area contributed by atoms with Crippen LogP contribution in [0, 0.1) is 6.92 Å². The van der Waals surface area contributed by atoms with E-state index in [0.29, 0.717) is 6.04 Å². The van der Waals surface area contributed by atoms with E-state index in [1.165, 1.54) is 0 Å². The molecular weight excluding hydrogens is 288 g/mol.